The maximum atomic E-state index is 13.4. The van der Waals surface area contributed by atoms with Gasteiger partial charge in [0, 0.05) is 36.1 Å². The predicted octanol–water partition coefficient (Wildman–Crippen LogP) is 3.62. The average Bonchev–Trinajstić information content (AvgIpc) is 3.13. The lowest BCUT2D eigenvalue weighted by molar-refractivity contribution is -0.126. The molecule has 2 fully saturated rings. The first kappa shape index (κ1) is 17.9. The summed E-state index contributed by atoms with van der Waals surface area (Å²) in [7, 11) is 0. The van der Waals surface area contributed by atoms with Crippen molar-refractivity contribution in [3.05, 3.63) is 36.2 Å². The first-order valence-electron chi connectivity index (χ1n) is 10.0. The second kappa shape index (κ2) is 8.03. The van der Waals surface area contributed by atoms with Crippen LogP contribution in [-0.2, 0) is 4.79 Å². The molecule has 0 spiro atoms. The number of carbonyl (C=O) groups excluding carboxylic acids is 2. The fourth-order valence-electron chi connectivity index (χ4n) is 4.53. The molecule has 0 radical (unpaired) electrons. The quantitative estimate of drug-likeness (QED) is 0.900. The number of benzene rings is 1. The van der Waals surface area contributed by atoms with E-state index < -0.39 is 0 Å². The topological polar surface area (TPSA) is 79.0 Å². The lowest BCUT2D eigenvalue weighted by Crippen LogP contribution is -2.47. The largest absolute Gasteiger partial charge is 0.335 e. The molecular formula is C21H26N4O2. The number of nitrogens with zero attached hydrogens (tertiary/aromatic N) is 3. The molecule has 2 aromatic rings. The van der Waals surface area contributed by atoms with Crippen molar-refractivity contribution in [1.29, 1.82) is 0 Å². The van der Waals surface area contributed by atoms with E-state index in [4.69, 9.17) is 0 Å². The molecule has 1 N–H and O–H groups in total. The Kier molecular flexibility index (Phi) is 5.32. The van der Waals surface area contributed by atoms with Crippen LogP contribution in [0.5, 0.6) is 0 Å². The van der Waals surface area contributed by atoms with E-state index in [2.05, 4.69) is 15.2 Å². The van der Waals surface area contributed by atoms with Gasteiger partial charge in [-0.15, -0.1) is 0 Å². The number of ketones is 1. The summed E-state index contributed by atoms with van der Waals surface area (Å²) in [5.41, 5.74) is 1.50. The van der Waals surface area contributed by atoms with Crippen LogP contribution in [-0.4, -0.2) is 44.4 Å². The van der Waals surface area contributed by atoms with E-state index in [0.717, 1.165) is 57.1 Å². The van der Waals surface area contributed by atoms with Crippen molar-refractivity contribution in [1.82, 2.24) is 20.1 Å². The summed E-state index contributed by atoms with van der Waals surface area (Å²) < 4.78 is 0. The first-order chi connectivity index (χ1) is 13.2. The number of Topliss-reactive ketones (excluding diaryl/α,β-unsaturated/α-hetero) is 1. The Morgan fingerprint density at radius 1 is 1.11 bits per heavy atom. The van der Waals surface area contributed by atoms with Crippen molar-refractivity contribution in [2.75, 3.05) is 6.54 Å². The number of hydrogen-bond acceptors (Lipinski definition) is 4. The predicted molar refractivity (Wildman–Crippen MR) is 102 cm³/mol. The van der Waals surface area contributed by atoms with Gasteiger partial charge in [-0.2, -0.15) is 5.10 Å². The number of H-pyrrole nitrogens is 1. The number of aromatic amines is 1. The summed E-state index contributed by atoms with van der Waals surface area (Å²) in [6, 6.07) is 7.56. The van der Waals surface area contributed by atoms with Crippen molar-refractivity contribution in [2.24, 2.45) is 5.92 Å². The molecule has 142 valence electrons. The Bertz CT molecular complexity index is 802. The van der Waals surface area contributed by atoms with Crippen molar-refractivity contribution < 1.29 is 9.59 Å². The van der Waals surface area contributed by atoms with Crippen LogP contribution >= 0.6 is 0 Å². The number of carbonyl (C=O) groups is 2. The van der Waals surface area contributed by atoms with Gasteiger partial charge in [0.2, 0.25) is 0 Å². The zero-order valence-electron chi connectivity index (χ0n) is 15.6. The van der Waals surface area contributed by atoms with Crippen molar-refractivity contribution in [2.45, 2.75) is 57.4 Å². The van der Waals surface area contributed by atoms with Crippen LogP contribution in [0.1, 0.15) is 61.7 Å². The van der Waals surface area contributed by atoms with Gasteiger partial charge in [0.05, 0.1) is 0 Å². The van der Waals surface area contributed by atoms with E-state index in [0.29, 0.717) is 23.6 Å². The third-order valence-corrected chi connectivity index (χ3v) is 5.92. The number of nitrogens with one attached hydrogen (secondary N) is 1. The lowest BCUT2D eigenvalue weighted by atomic mass is 9.80. The van der Waals surface area contributed by atoms with Crippen LogP contribution in [0.15, 0.2) is 30.6 Å². The van der Waals surface area contributed by atoms with E-state index in [9.17, 15) is 9.59 Å². The van der Waals surface area contributed by atoms with E-state index in [1.165, 1.54) is 6.33 Å². The van der Waals surface area contributed by atoms with Gasteiger partial charge in [0.25, 0.3) is 5.91 Å². The molecule has 4 rings (SSSR count). The van der Waals surface area contributed by atoms with E-state index in [1.54, 1.807) is 0 Å². The Labute approximate surface area is 159 Å². The van der Waals surface area contributed by atoms with Gasteiger partial charge in [0.15, 0.2) is 5.82 Å². The van der Waals surface area contributed by atoms with E-state index in [-0.39, 0.29) is 17.9 Å². The number of aromatic nitrogens is 3. The van der Waals surface area contributed by atoms with Gasteiger partial charge in [-0.05, 0) is 37.8 Å². The van der Waals surface area contributed by atoms with E-state index in [1.807, 2.05) is 29.2 Å². The SMILES string of the molecule is O=C1CCCCC1C1CCCCCN1C(=O)c1cccc(-c2ncn[nH]2)c1. The molecule has 1 amide bonds. The number of rotatable bonds is 3. The molecule has 0 bridgehead atoms. The number of likely N-dealkylation sites (tertiary alicyclic amines) is 1. The Morgan fingerprint density at radius 3 is 2.81 bits per heavy atom. The third kappa shape index (κ3) is 3.80. The molecule has 1 aromatic heterocycles. The molecule has 1 aliphatic carbocycles. The Balaban J connectivity index is 1.61. The second-order valence-corrected chi connectivity index (χ2v) is 7.65. The van der Waals surface area contributed by atoms with Gasteiger partial charge < -0.3 is 4.90 Å². The Morgan fingerprint density at radius 2 is 2.00 bits per heavy atom. The smallest absolute Gasteiger partial charge is 0.254 e. The monoisotopic (exact) mass is 366 g/mol. The zero-order valence-corrected chi connectivity index (χ0v) is 15.6. The van der Waals surface area contributed by atoms with Crippen LogP contribution in [0.3, 0.4) is 0 Å². The molecule has 1 saturated carbocycles. The third-order valence-electron chi connectivity index (χ3n) is 5.92. The van der Waals surface area contributed by atoms with Crippen molar-refractivity contribution in [3.8, 4) is 11.4 Å². The van der Waals surface area contributed by atoms with Crippen LogP contribution in [0.25, 0.3) is 11.4 Å². The van der Waals surface area contributed by atoms with Gasteiger partial charge in [-0.1, -0.05) is 31.4 Å². The highest BCUT2D eigenvalue weighted by Crippen LogP contribution is 2.32. The molecule has 1 aliphatic heterocycles. The lowest BCUT2D eigenvalue weighted by Gasteiger charge is -2.37. The fraction of sp³-hybridized carbons (Fsp3) is 0.524. The standard InChI is InChI=1S/C21H26N4O2/c26-19-11-4-3-9-17(19)18-10-2-1-5-12-25(18)21(27)16-8-6-7-15(13-16)20-22-14-23-24-20/h6-8,13-14,17-18H,1-5,9-12H2,(H,22,23,24). The molecule has 2 atom stereocenters. The number of amides is 1. The highest BCUT2D eigenvalue weighted by molar-refractivity contribution is 5.96. The molecule has 27 heavy (non-hydrogen) atoms. The highest BCUT2D eigenvalue weighted by Gasteiger charge is 2.37. The second-order valence-electron chi connectivity index (χ2n) is 7.65. The normalized spacial score (nSPS) is 23.9. The molecule has 2 aliphatic rings. The summed E-state index contributed by atoms with van der Waals surface area (Å²) in [6.07, 6.45) is 9.30. The first-order valence-corrected chi connectivity index (χ1v) is 10.0. The van der Waals surface area contributed by atoms with Crippen LogP contribution < -0.4 is 0 Å². The van der Waals surface area contributed by atoms with Crippen LogP contribution in [0, 0.1) is 5.92 Å². The Hall–Kier alpha value is -2.50. The highest BCUT2D eigenvalue weighted by atomic mass is 16.2. The summed E-state index contributed by atoms with van der Waals surface area (Å²) >= 11 is 0. The summed E-state index contributed by atoms with van der Waals surface area (Å²) in [5.74, 6) is 1.04. The molecule has 1 aromatic carbocycles. The van der Waals surface area contributed by atoms with Gasteiger partial charge >= 0.3 is 0 Å². The maximum absolute atomic E-state index is 13.4. The zero-order chi connectivity index (χ0) is 18.6. The average molecular weight is 366 g/mol. The summed E-state index contributed by atoms with van der Waals surface area (Å²) in [5, 5.41) is 6.73. The minimum Gasteiger partial charge on any atom is -0.335 e. The molecule has 2 unspecified atom stereocenters. The molecule has 1 saturated heterocycles. The molecule has 6 nitrogen and oxygen atoms in total. The van der Waals surface area contributed by atoms with Gasteiger partial charge in [0.1, 0.15) is 12.1 Å². The fourth-order valence-corrected chi connectivity index (χ4v) is 4.53. The maximum Gasteiger partial charge on any atom is 0.254 e. The summed E-state index contributed by atoms with van der Waals surface area (Å²) in [4.78, 5) is 32.1. The molecular weight excluding hydrogens is 340 g/mol. The minimum atomic E-state index is 0.0123. The summed E-state index contributed by atoms with van der Waals surface area (Å²) in [6.45, 7) is 0.736. The van der Waals surface area contributed by atoms with Crippen molar-refractivity contribution in [3.63, 3.8) is 0 Å². The number of hydrogen-bond donors (Lipinski definition) is 1. The minimum absolute atomic E-state index is 0.0123. The molecule has 6 heteroatoms. The van der Waals surface area contributed by atoms with Crippen LogP contribution in [0.4, 0.5) is 0 Å². The van der Waals surface area contributed by atoms with E-state index >= 15 is 0 Å². The van der Waals surface area contributed by atoms with Crippen LogP contribution in [0.2, 0.25) is 0 Å². The van der Waals surface area contributed by atoms with Gasteiger partial charge in [-0.3, -0.25) is 14.7 Å². The van der Waals surface area contributed by atoms with Crippen molar-refractivity contribution >= 4 is 11.7 Å². The van der Waals surface area contributed by atoms with Gasteiger partial charge in [-0.25, -0.2) is 4.98 Å². The molecule has 2 heterocycles.